The third-order valence-corrected chi connectivity index (χ3v) is 3.45. The third kappa shape index (κ3) is 3.20. The molecule has 0 radical (unpaired) electrons. The topological polar surface area (TPSA) is 24.9 Å². The number of hydrogen-bond acceptors (Lipinski definition) is 2. The summed E-state index contributed by atoms with van der Waals surface area (Å²) in [5.74, 6) is -0.766. The van der Waals surface area contributed by atoms with Gasteiger partial charge < -0.3 is 5.32 Å². The zero-order valence-corrected chi connectivity index (χ0v) is 11.8. The minimum Gasteiger partial charge on any atom is -0.304 e. The first-order chi connectivity index (χ1) is 9.49. The van der Waals surface area contributed by atoms with E-state index in [1.165, 1.54) is 12.1 Å². The van der Waals surface area contributed by atoms with Crippen LogP contribution >= 0.6 is 0 Å². The van der Waals surface area contributed by atoms with E-state index in [1.807, 2.05) is 26.0 Å². The number of rotatable bonds is 4. The molecule has 0 saturated heterocycles. The standard InChI is InChI=1S/C16H18F2N2/c1-10-8-16(18)14(9-15(10)17)12(3)20-11(2)13-4-6-19-7-5-13/h4-9,11-12,20H,1-3H3/t11-,12?/m1/s1. The Hall–Kier alpha value is -1.81. The molecule has 2 aromatic rings. The van der Waals surface area contributed by atoms with Crippen molar-refractivity contribution >= 4 is 0 Å². The van der Waals surface area contributed by atoms with Gasteiger partial charge in [-0.15, -0.1) is 0 Å². The Bertz CT molecular complexity index is 585. The molecule has 1 aromatic carbocycles. The lowest BCUT2D eigenvalue weighted by molar-refractivity contribution is 0.469. The van der Waals surface area contributed by atoms with Crippen molar-refractivity contribution in [3.05, 3.63) is 65.0 Å². The van der Waals surface area contributed by atoms with Gasteiger partial charge in [0.1, 0.15) is 11.6 Å². The molecule has 20 heavy (non-hydrogen) atoms. The van der Waals surface area contributed by atoms with Crippen molar-refractivity contribution < 1.29 is 8.78 Å². The molecular formula is C16H18F2N2. The molecule has 0 spiro atoms. The minimum absolute atomic E-state index is 0.0248. The van der Waals surface area contributed by atoms with Crippen molar-refractivity contribution in [1.82, 2.24) is 10.3 Å². The quantitative estimate of drug-likeness (QED) is 0.910. The average Bonchev–Trinajstić information content (AvgIpc) is 2.43. The number of nitrogens with one attached hydrogen (secondary N) is 1. The Morgan fingerprint density at radius 3 is 2.30 bits per heavy atom. The molecule has 106 valence electrons. The molecule has 0 aliphatic heterocycles. The molecule has 1 heterocycles. The van der Waals surface area contributed by atoms with Crippen LogP contribution in [0.3, 0.4) is 0 Å². The number of benzene rings is 1. The SMILES string of the molecule is Cc1cc(F)c(C(C)N[C@H](C)c2ccncc2)cc1F. The summed E-state index contributed by atoms with van der Waals surface area (Å²) < 4.78 is 27.5. The molecule has 4 heteroatoms. The van der Waals surface area contributed by atoms with Crippen molar-refractivity contribution in [2.75, 3.05) is 0 Å². The predicted octanol–water partition coefficient (Wildman–Crippen LogP) is 4.08. The van der Waals surface area contributed by atoms with Crippen molar-refractivity contribution in [3.8, 4) is 0 Å². The smallest absolute Gasteiger partial charge is 0.128 e. The Kier molecular flexibility index (Phi) is 4.45. The fourth-order valence-corrected chi connectivity index (χ4v) is 2.21. The fraction of sp³-hybridized carbons (Fsp3) is 0.312. The lowest BCUT2D eigenvalue weighted by atomic mass is 10.0. The number of nitrogens with zero attached hydrogens (tertiary/aromatic N) is 1. The summed E-state index contributed by atoms with van der Waals surface area (Å²) in [5, 5.41) is 3.27. The molecule has 2 rings (SSSR count). The zero-order chi connectivity index (χ0) is 14.7. The van der Waals surface area contributed by atoms with E-state index in [1.54, 1.807) is 19.3 Å². The Balaban J connectivity index is 2.16. The molecule has 0 saturated carbocycles. The molecule has 1 aromatic heterocycles. The van der Waals surface area contributed by atoms with Gasteiger partial charge in [-0.05, 0) is 56.2 Å². The van der Waals surface area contributed by atoms with E-state index in [9.17, 15) is 8.78 Å². The van der Waals surface area contributed by atoms with Gasteiger partial charge in [0.2, 0.25) is 0 Å². The highest BCUT2D eigenvalue weighted by atomic mass is 19.1. The van der Waals surface area contributed by atoms with Crippen LogP contribution in [0, 0.1) is 18.6 Å². The van der Waals surface area contributed by atoms with Crippen molar-refractivity contribution in [2.24, 2.45) is 0 Å². The van der Waals surface area contributed by atoms with Gasteiger partial charge in [-0.3, -0.25) is 4.98 Å². The van der Waals surface area contributed by atoms with Crippen LogP contribution in [0.2, 0.25) is 0 Å². The zero-order valence-electron chi connectivity index (χ0n) is 11.8. The van der Waals surface area contributed by atoms with Crippen LogP contribution in [0.15, 0.2) is 36.7 Å². The molecule has 1 unspecified atom stereocenters. The fourth-order valence-electron chi connectivity index (χ4n) is 2.21. The monoisotopic (exact) mass is 276 g/mol. The predicted molar refractivity (Wildman–Crippen MR) is 75.3 cm³/mol. The summed E-state index contributed by atoms with van der Waals surface area (Å²) in [7, 11) is 0. The van der Waals surface area contributed by atoms with E-state index < -0.39 is 0 Å². The van der Waals surface area contributed by atoms with Crippen LogP contribution in [0.4, 0.5) is 8.78 Å². The maximum atomic E-state index is 13.9. The number of aromatic nitrogens is 1. The lowest BCUT2D eigenvalue weighted by Crippen LogP contribution is -2.23. The largest absolute Gasteiger partial charge is 0.304 e. The first-order valence-corrected chi connectivity index (χ1v) is 6.60. The van der Waals surface area contributed by atoms with Gasteiger partial charge in [0.05, 0.1) is 0 Å². The summed E-state index contributed by atoms with van der Waals surface area (Å²) in [6.45, 7) is 5.36. The highest BCUT2D eigenvalue weighted by Gasteiger charge is 2.16. The molecule has 2 atom stereocenters. The number of halogens is 2. The maximum absolute atomic E-state index is 13.9. The first-order valence-electron chi connectivity index (χ1n) is 6.60. The van der Waals surface area contributed by atoms with Crippen LogP contribution in [0.5, 0.6) is 0 Å². The van der Waals surface area contributed by atoms with Gasteiger partial charge >= 0.3 is 0 Å². The van der Waals surface area contributed by atoms with Crippen LogP contribution in [-0.4, -0.2) is 4.98 Å². The van der Waals surface area contributed by atoms with E-state index in [2.05, 4.69) is 10.3 Å². The molecule has 2 nitrogen and oxygen atoms in total. The van der Waals surface area contributed by atoms with Gasteiger partial charge in [0.15, 0.2) is 0 Å². The van der Waals surface area contributed by atoms with Gasteiger partial charge in [0, 0.05) is 30.0 Å². The molecule has 1 N–H and O–H groups in total. The third-order valence-electron chi connectivity index (χ3n) is 3.45. The first kappa shape index (κ1) is 14.6. The summed E-state index contributed by atoms with van der Waals surface area (Å²) in [4.78, 5) is 3.96. The second-order valence-corrected chi connectivity index (χ2v) is 5.01. The molecule has 0 amide bonds. The van der Waals surface area contributed by atoms with Crippen molar-refractivity contribution in [1.29, 1.82) is 0 Å². The Morgan fingerprint density at radius 2 is 1.65 bits per heavy atom. The summed E-state index contributed by atoms with van der Waals surface area (Å²) >= 11 is 0. The van der Waals surface area contributed by atoms with Gasteiger partial charge in [-0.25, -0.2) is 8.78 Å². The second-order valence-electron chi connectivity index (χ2n) is 5.01. The highest BCUT2D eigenvalue weighted by molar-refractivity contribution is 5.28. The Labute approximate surface area is 117 Å². The van der Waals surface area contributed by atoms with Crippen molar-refractivity contribution in [3.63, 3.8) is 0 Å². The van der Waals surface area contributed by atoms with E-state index in [-0.39, 0.29) is 23.7 Å². The van der Waals surface area contributed by atoms with Crippen LogP contribution in [0.1, 0.15) is 42.6 Å². The number of aryl methyl sites for hydroxylation is 1. The molecule has 0 aliphatic carbocycles. The van der Waals surface area contributed by atoms with E-state index in [0.717, 1.165) is 5.56 Å². The maximum Gasteiger partial charge on any atom is 0.128 e. The average molecular weight is 276 g/mol. The normalized spacial score (nSPS) is 14.1. The Morgan fingerprint density at radius 1 is 1.00 bits per heavy atom. The van der Waals surface area contributed by atoms with Gasteiger partial charge in [-0.1, -0.05) is 0 Å². The molecule has 0 fully saturated rings. The van der Waals surface area contributed by atoms with E-state index in [4.69, 9.17) is 0 Å². The number of hydrogen-bond donors (Lipinski definition) is 1. The summed E-state index contributed by atoms with van der Waals surface area (Å²) in [6.07, 6.45) is 3.43. The second kappa shape index (κ2) is 6.09. The lowest BCUT2D eigenvalue weighted by Gasteiger charge is -2.21. The van der Waals surface area contributed by atoms with Crippen LogP contribution in [-0.2, 0) is 0 Å². The van der Waals surface area contributed by atoms with E-state index >= 15 is 0 Å². The minimum atomic E-state index is -0.383. The van der Waals surface area contributed by atoms with Crippen LogP contribution in [0.25, 0.3) is 0 Å². The molecular weight excluding hydrogens is 258 g/mol. The summed E-state index contributed by atoms with van der Waals surface area (Å²) in [6, 6.07) is 6.04. The van der Waals surface area contributed by atoms with Gasteiger partial charge in [-0.2, -0.15) is 0 Å². The molecule has 0 bridgehead atoms. The molecule has 0 aliphatic rings. The van der Waals surface area contributed by atoms with E-state index in [0.29, 0.717) is 11.1 Å². The van der Waals surface area contributed by atoms with Gasteiger partial charge in [0.25, 0.3) is 0 Å². The summed E-state index contributed by atoms with van der Waals surface area (Å²) in [5.41, 5.74) is 1.72. The van der Waals surface area contributed by atoms with Crippen LogP contribution < -0.4 is 5.32 Å². The highest BCUT2D eigenvalue weighted by Crippen LogP contribution is 2.23. The van der Waals surface area contributed by atoms with Crippen molar-refractivity contribution in [2.45, 2.75) is 32.9 Å². The number of pyridine rings is 1.